The van der Waals surface area contributed by atoms with Crippen LogP contribution in [0.1, 0.15) is 17.7 Å². The lowest BCUT2D eigenvalue weighted by Crippen LogP contribution is -2.23. The molecule has 0 aliphatic rings. The maximum absolute atomic E-state index is 12.2. The molecule has 0 bridgehead atoms. The van der Waals surface area contributed by atoms with E-state index >= 15 is 0 Å². The molecule has 0 unspecified atom stereocenters. The van der Waals surface area contributed by atoms with Gasteiger partial charge in [0, 0.05) is 12.6 Å². The van der Waals surface area contributed by atoms with Crippen LogP contribution in [0.5, 0.6) is 0 Å². The summed E-state index contributed by atoms with van der Waals surface area (Å²) in [6.07, 6.45) is 0.354. The van der Waals surface area contributed by atoms with E-state index in [9.17, 15) is 13.2 Å². The summed E-state index contributed by atoms with van der Waals surface area (Å²) < 4.78 is 25.7. The standard InChI is InChI=1S/C15H18N2O3S/c1-12-4-7-14(8-5-12)21(19,20)11-3-10-17-15(18)9-6-13(2)16-17/h4-9H,3,10-11H2,1-2H3. The molecular weight excluding hydrogens is 288 g/mol. The summed E-state index contributed by atoms with van der Waals surface area (Å²) in [5.74, 6) is -0.00186. The van der Waals surface area contributed by atoms with Crippen LogP contribution in [0.25, 0.3) is 0 Å². The molecule has 0 N–H and O–H groups in total. The van der Waals surface area contributed by atoms with Crippen LogP contribution in [0, 0.1) is 13.8 Å². The molecule has 2 aromatic rings. The second-order valence-electron chi connectivity index (χ2n) is 5.02. The van der Waals surface area contributed by atoms with Crippen LogP contribution in [0.3, 0.4) is 0 Å². The summed E-state index contributed by atoms with van der Waals surface area (Å²) in [7, 11) is -3.31. The molecule has 1 aromatic heterocycles. The molecule has 0 atom stereocenters. The SMILES string of the molecule is Cc1ccc(S(=O)(=O)CCCn2nc(C)ccc2=O)cc1. The molecule has 112 valence electrons. The highest BCUT2D eigenvalue weighted by molar-refractivity contribution is 7.91. The van der Waals surface area contributed by atoms with Gasteiger partial charge in [-0.3, -0.25) is 4.79 Å². The van der Waals surface area contributed by atoms with Gasteiger partial charge in [-0.05, 0) is 38.5 Å². The molecule has 2 rings (SSSR count). The minimum Gasteiger partial charge on any atom is -0.268 e. The van der Waals surface area contributed by atoms with Gasteiger partial charge in [-0.25, -0.2) is 13.1 Å². The molecule has 0 spiro atoms. The molecule has 0 fully saturated rings. The van der Waals surface area contributed by atoms with Crippen LogP contribution in [0.15, 0.2) is 46.1 Å². The van der Waals surface area contributed by atoms with Crippen molar-refractivity contribution in [1.82, 2.24) is 9.78 Å². The monoisotopic (exact) mass is 306 g/mol. The molecule has 0 saturated heterocycles. The number of benzene rings is 1. The Balaban J connectivity index is 2.04. The van der Waals surface area contributed by atoms with E-state index in [1.807, 2.05) is 6.92 Å². The van der Waals surface area contributed by atoms with E-state index in [1.165, 1.54) is 10.7 Å². The lowest BCUT2D eigenvalue weighted by molar-refractivity contribution is 0.549. The van der Waals surface area contributed by atoms with Crippen molar-refractivity contribution in [3.8, 4) is 0 Å². The van der Waals surface area contributed by atoms with E-state index in [4.69, 9.17) is 0 Å². The Kier molecular flexibility index (Phi) is 4.57. The normalized spacial score (nSPS) is 11.5. The summed E-state index contributed by atoms with van der Waals surface area (Å²) in [6, 6.07) is 9.86. The van der Waals surface area contributed by atoms with Gasteiger partial charge in [0.2, 0.25) is 0 Å². The number of aryl methyl sites for hydroxylation is 3. The predicted octanol–water partition coefficient (Wildman–Crippen LogP) is 1.72. The van der Waals surface area contributed by atoms with Gasteiger partial charge in [-0.2, -0.15) is 5.10 Å². The van der Waals surface area contributed by atoms with Gasteiger partial charge in [-0.15, -0.1) is 0 Å². The zero-order valence-electron chi connectivity index (χ0n) is 12.1. The Morgan fingerprint density at radius 3 is 2.38 bits per heavy atom. The molecule has 0 amide bonds. The van der Waals surface area contributed by atoms with Crippen molar-refractivity contribution in [2.75, 3.05) is 5.75 Å². The van der Waals surface area contributed by atoms with Gasteiger partial charge in [0.1, 0.15) is 0 Å². The van der Waals surface area contributed by atoms with Crippen molar-refractivity contribution in [3.05, 3.63) is 58.0 Å². The summed E-state index contributed by atoms with van der Waals surface area (Å²) in [4.78, 5) is 11.9. The number of sulfone groups is 1. The lowest BCUT2D eigenvalue weighted by atomic mass is 10.2. The van der Waals surface area contributed by atoms with Gasteiger partial charge in [0.25, 0.3) is 5.56 Å². The fourth-order valence-corrected chi connectivity index (χ4v) is 3.27. The second-order valence-corrected chi connectivity index (χ2v) is 7.13. The number of hydrogen-bond acceptors (Lipinski definition) is 4. The van der Waals surface area contributed by atoms with Crippen molar-refractivity contribution in [2.45, 2.75) is 31.7 Å². The van der Waals surface area contributed by atoms with Crippen LogP contribution in [0.4, 0.5) is 0 Å². The van der Waals surface area contributed by atoms with Gasteiger partial charge in [0.15, 0.2) is 9.84 Å². The fourth-order valence-electron chi connectivity index (χ4n) is 1.98. The minimum absolute atomic E-state index is 0.00186. The highest BCUT2D eigenvalue weighted by atomic mass is 32.2. The molecular formula is C15H18N2O3S. The highest BCUT2D eigenvalue weighted by Crippen LogP contribution is 2.13. The number of rotatable bonds is 5. The van der Waals surface area contributed by atoms with Crippen molar-refractivity contribution in [2.24, 2.45) is 0 Å². The van der Waals surface area contributed by atoms with E-state index in [1.54, 1.807) is 37.3 Å². The molecule has 1 aromatic carbocycles. The molecule has 0 saturated carbocycles. The maximum atomic E-state index is 12.2. The van der Waals surface area contributed by atoms with Crippen LogP contribution >= 0.6 is 0 Å². The first-order chi connectivity index (χ1) is 9.88. The van der Waals surface area contributed by atoms with Crippen LogP contribution < -0.4 is 5.56 Å². The minimum atomic E-state index is -3.31. The fraction of sp³-hybridized carbons (Fsp3) is 0.333. The van der Waals surface area contributed by atoms with Gasteiger partial charge in [-0.1, -0.05) is 17.7 Å². The molecule has 6 heteroatoms. The zero-order valence-corrected chi connectivity index (χ0v) is 12.9. The van der Waals surface area contributed by atoms with Crippen molar-refractivity contribution >= 4 is 9.84 Å². The molecule has 0 aliphatic heterocycles. The maximum Gasteiger partial charge on any atom is 0.266 e. The first-order valence-corrected chi connectivity index (χ1v) is 8.38. The Morgan fingerprint density at radius 1 is 1.05 bits per heavy atom. The molecule has 21 heavy (non-hydrogen) atoms. The third-order valence-electron chi connectivity index (χ3n) is 3.16. The average Bonchev–Trinajstić information content (AvgIpc) is 2.43. The van der Waals surface area contributed by atoms with Crippen LogP contribution in [-0.4, -0.2) is 24.0 Å². The van der Waals surface area contributed by atoms with Crippen molar-refractivity contribution < 1.29 is 8.42 Å². The molecule has 0 aliphatic carbocycles. The van der Waals surface area contributed by atoms with E-state index < -0.39 is 9.84 Å². The Morgan fingerprint density at radius 2 is 1.71 bits per heavy atom. The third kappa shape index (κ3) is 4.01. The van der Waals surface area contributed by atoms with Crippen LogP contribution in [-0.2, 0) is 16.4 Å². The van der Waals surface area contributed by atoms with Crippen molar-refractivity contribution in [3.63, 3.8) is 0 Å². The van der Waals surface area contributed by atoms with E-state index in [2.05, 4.69) is 5.10 Å². The summed E-state index contributed by atoms with van der Waals surface area (Å²) >= 11 is 0. The number of hydrogen-bond donors (Lipinski definition) is 0. The molecule has 0 radical (unpaired) electrons. The Bertz CT molecular complexity index is 777. The quantitative estimate of drug-likeness (QED) is 0.843. The largest absolute Gasteiger partial charge is 0.268 e. The topological polar surface area (TPSA) is 69.0 Å². The lowest BCUT2D eigenvalue weighted by Gasteiger charge is -2.07. The molecule has 1 heterocycles. The zero-order chi connectivity index (χ0) is 15.5. The van der Waals surface area contributed by atoms with Gasteiger partial charge in [0.05, 0.1) is 16.3 Å². The van der Waals surface area contributed by atoms with Gasteiger partial charge >= 0.3 is 0 Å². The highest BCUT2D eigenvalue weighted by Gasteiger charge is 2.14. The van der Waals surface area contributed by atoms with E-state index in [-0.39, 0.29) is 11.3 Å². The van der Waals surface area contributed by atoms with Crippen molar-refractivity contribution in [1.29, 1.82) is 0 Å². The first kappa shape index (κ1) is 15.4. The predicted molar refractivity (Wildman–Crippen MR) is 81.1 cm³/mol. The van der Waals surface area contributed by atoms with E-state index in [0.717, 1.165) is 11.3 Å². The second kappa shape index (κ2) is 6.22. The average molecular weight is 306 g/mol. The summed E-state index contributed by atoms with van der Waals surface area (Å²) in [5, 5.41) is 4.09. The molecule has 5 nitrogen and oxygen atoms in total. The third-order valence-corrected chi connectivity index (χ3v) is 4.98. The first-order valence-electron chi connectivity index (χ1n) is 6.73. The number of aromatic nitrogens is 2. The summed E-state index contributed by atoms with van der Waals surface area (Å²) in [5.41, 5.74) is 1.54. The van der Waals surface area contributed by atoms with Crippen LogP contribution in [0.2, 0.25) is 0 Å². The smallest absolute Gasteiger partial charge is 0.266 e. The van der Waals surface area contributed by atoms with E-state index in [0.29, 0.717) is 17.9 Å². The van der Waals surface area contributed by atoms with Gasteiger partial charge < -0.3 is 0 Å². The Hall–Kier alpha value is -1.95. The summed E-state index contributed by atoms with van der Waals surface area (Å²) in [6.45, 7) is 4.00. The Labute approximate surface area is 124 Å². The number of nitrogens with zero attached hydrogens (tertiary/aromatic N) is 2.